The molecule has 30 heavy (non-hydrogen) atoms. The first kappa shape index (κ1) is 20.2. The van der Waals surface area contributed by atoms with Crippen LogP contribution in [0.3, 0.4) is 0 Å². The van der Waals surface area contributed by atoms with E-state index in [0.29, 0.717) is 27.7 Å². The normalized spacial score (nSPS) is 15.7. The minimum Gasteiger partial charge on any atom is -0.478 e. The van der Waals surface area contributed by atoms with Gasteiger partial charge < -0.3 is 10.4 Å². The highest BCUT2D eigenvalue weighted by atomic mass is 35.5. The molecule has 8 heteroatoms. The second-order valence-electron chi connectivity index (χ2n) is 7.12. The summed E-state index contributed by atoms with van der Waals surface area (Å²) in [6, 6.07) is 8.39. The Hall–Kier alpha value is -3.06. The minimum atomic E-state index is -2.76. The molecule has 0 saturated heterocycles. The summed E-state index contributed by atoms with van der Waals surface area (Å²) in [5.41, 5.74) is 2.23. The molecule has 1 aromatic heterocycles. The van der Waals surface area contributed by atoms with E-state index in [0.717, 1.165) is 0 Å². The van der Waals surface area contributed by atoms with E-state index in [9.17, 15) is 23.1 Å². The molecule has 0 radical (unpaired) electrons. The Morgan fingerprint density at radius 2 is 2.00 bits per heavy atom. The molecular formula is C22H16ClF3N2O2. The van der Waals surface area contributed by atoms with Crippen LogP contribution in [-0.4, -0.2) is 22.0 Å². The van der Waals surface area contributed by atoms with E-state index in [1.54, 1.807) is 0 Å². The Morgan fingerprint density at radius 1 is 1.20 bits per heavy atom. The minimum absolute atomic E-state index is 0.0704. The second kappa shape index (κ2) is 7.65. The van der Waals surface area contributed by atoms with E-state index in [2.05, 4.69) is 10.3 Å². The van der Waals surface area contributed by atoms with Gasteiger partial charge in [-0.05, 0) is 48.4 Å². The van der Waals surface area contributed by atoms with Crippen molar-refractivity contribution in [2.24, 2.45) is 0 Å². The molecule has 0 spiro atoms. The number of hydrogen-bond acceptors (Lipinski definition) is 3. The van der Waals surface area contributed by atoms with Crippen LogP contribution in [0.15, 0.2) is 48.7 Å². The summed E-state index contributed by atoms with van der Waals surface area (Å²) in [5, 5.41) is 13.3. The van der Waals surface area contributed by atoms with E-state index < -0.39 is 24.1 Å². The summed E-state index contributed by atoms with van der Waals surface area (Å²) in [4.78, 5) is 16.0. The van der Waals surface area contributed by atoms with Crippen molar-refractivity contribution in [3.8, 4) is 0 Å². The summed E-state index contributed by atoms with van der Waals surface area (Å²) in [7, 11) is 0. The Bertz CT molecular complexity index is 1190. The number of pyridine rings is 1. The highest BCUT2D eigenvalue weighted by Gasteiger charge is 2.32. The van der Waals surface area contributed by atoms with Gasteiger partial charge in [0.05, 0.1) is 22.5 Å². The van der Waals surface area contributed by atoms with Crippen LogP contribution < -0.4 is 5.32 Å². The Kier molecular flexibility index (Phi) is 5.15. The Morgan fingerprint density at radius 3 is 2.70 bits per heavy atom. The molecule has 4 rings (SSSR count). The number of benzene rings is 2. The first-order valence-corrected chi connectivity index (χ1v) is 9.57. The molecule has 4 nitrogen and oxygen atoms in total. The average Bonchev–Trinajstić information content (AvgIpc) is 2.69. The van der Waals surface area contributed by atoms with Gasteiger partial charge in [0.25, 0.3) is 5.92 Å². The first-order valence-electron chi connectivity index (χ1n) is 9.19. The van der Waals surface area contributed by atoms with Crippen LogP contribution in [-0.2, 0) is 0 Å². The topological polar surface area (TPSA) is 62.2 Å². The zero-order valence-corrected chi connectivity index (χ0v) is 16.3. The SMILES string of the molecule is O=C(O)c1cc(Cl)ccc1Nc1c(C2=CCC(F)(F)CC2)cnc2ccc(F)cc12. The van der Waals surface area contributed by atoms with Crippen LogP contribution in [0.5, 0.6) is 0 Å². The van der Waals surface area contributed by atoms with Gasteiger partial charge in [0, 0.05) is 35.0 Å². The zero-order valence-electron chi connectivity index (χ0n) is 15.6. The van der Waals surface area contributed by atoms with Crippen LogP contribution in [0.25, 0.3) is 16.5 Å². The fourth-order valence-electron chi connectivity index (χ4n) is 3.52. The molecule has 0 atom stereocenters. The Labute approximate surface area is 175 Å². The van der Waals surface area contributed by atoms with Crippen molar-refractivity contribution in [2.75, 3.05) is 5.32 Å². The number of hydrogen-bond donors (Lipinski definition) is 2. The van der Waals surface area contributed by atoms with Gasteiger partial charge in [0.2, 0.25) is 0 Å². The van der Waals surface area contributed by atoms with E-state index in [1.165, 1.54) is 48.7 Å². The third-order valence-corrected chi connectivity index (χ3v) is 5.29. The monoisotopic (exact) mass is 432 g/mol. The van der Waals surface area contributed by atoms with Gasteiger partial charge in [-0.15, -0.1) is 0 Å². The molecule has 1 aliphatic carbocycles. The van der Waals surface area contributed by atoms with E-state index >= 15 is 0 Å². The number of fused-ring (bicyclic) bond motifs is 1. The number of aromatic nitrogens is 1. The van der Waals surface area contributed by atoms with Gasteiger partial charge in [-0.2, -0.15) is 0 Å². The van der Waals surface area contributed by atoms with Crippen molar-refractivity contribution in [1.29, 1.82) is 0 Å². The van der Waals surface area contributed by atoms with Gasteiger partial charge >= 0.3 is 5.97 Å². The molecule has 0 saturated carbocycles. The molecular weight excluding hydrogens is 417 g/mol. The van der Waals surface area contributed by atoms with Gasteiger partial charge in [-0.25, -0.2) is 18.0 Å². The van der Waals surface area contributed by atoms with Crippen molar-refractivity contribution < 1.29 is 23.1 Å². The number of carboxylic acids is 1. The number of rotatable bonds is 4. The molecule has 0 amide bonds. The van der Waals surface area contributed by atoms with E-state index in [-0.39, 0.29) is 29.1 Å². The lowest BCUT2D eigenvalue weighted by Crippen LogP contribution is -2.18. The quantitative estimate of drug-likeness (QED) is 0.483. The molecule has 0 bridgehead atoms. The predicted molar refractivity (Wildman–Crippen MR) is 110 cm³/mol. The number of nitrogens with one attached hydrogen (secondary N) is 1. The number of carbonyl (C=O) groups is 1. The van der Waals surface area contributed by atoms with Crippen molar-refractivity contribution >= 4 is 45.4 Å². The van der Waals surface area contributed by atoms with Crippen molar-refractivity contribution in [3.05, 3.63) is 70.6 Å². The molecule has 0 fully saturated rings. The molecule has 1 heterocycles. The largest absolute Gasteiger partial charge is 0.478 e. The number of halogens is 4. The predicted octanol–water partition coefficient (Wildman–Crippen LogP) is 6.67. The molecule has 2 aromatic carbocycles. The summed E-state index contributed by atoms with van der Waals surface area (Å²) in [6.45, 7) is 0. The summed E-state index contributed by atoms with van der Waals surface area (Å²) >= 11 is 5.93. The maximum Gasteiger partial charge on any atom is 0.337 e. The molecule has 2 N–H and O–H groups in total. The van der Waals surface area contributed by atoms with Gasteiger partial charge in [0.1, 0.15) is 5.82 Å². The lowest BCUT2D eigenvalue weighted by molar-refractivity contribution is -0.00603. The third kappa shape index (κ3) is 3.98. The van der Waals surface area contributed by atoms with E-state index in [1.807, 2.05) is 0 Å². The first-order chi connectivity index (χ1) is 14.2. The number of carboxylic acid groups (broad SMARTS) is 1. The maximum absolute atomic E-state index is 14.0. The number of allylic oxidation sites excluding steroid dienone is 2. The molecule has 0 unspecified atom stereocenters. The Balaban J connectivity index is 1.90. The third-order valence-electron chi connectivity index (χ3n) is 5.05. The molecule has 3 aromatic rings. The number of alkyl halides is 2. The highest BCUT2D eigenvalue weighted by Crippen LogP contribution is 2.41. The number of anilines is 2. The lowest BCUT2D eigenvalue weighted by Gasteiger charge is -2.24. The summed E-state index contributed by atoms with van der Waals surface area (Å²) < 4.78 is 41.3. The molecule has 1 aliphatic rings. The van der Waals surface area contributed by atoms with Crippen molar-refractivity contribution in [3.63, 3.8) is 0 Å². The smallest absolute Gasteiger partial charge is 0.337 e. The fourth-order valence-corrected chi connectivity index (χ4v) is 3.69. The zero-order chi connectivity index (χ0) is 21.5. The van der Waals surface area contributed by atoms with Crippen LogP contribution >= 0.6 is 11.6 Å². The van der Waals surface area contributed by atoms with Crippen LogP contribution in [0.1, 0.15) is 35.2 Å². The van der Waals surface area contributed by atoms with Crippen LogP contribution in [0.4, 0.5) is 24.5 Å². The lowest BCUT2D eigenvalue weighted by atomic mass is 9.90. The summed E-state index contributed by atoms with van der Waals surface area (Å²) in [6.07, 6.45) is 2.41. The second-order valence-corrected chi connectivity index (χ2v) is 7.55. The van der Waals surface area contributed by atoms with E-state index in [4.69, 9.17) is 11.6 Å². The van der Waals surface area contributed by atoms with Crippen molar-refractivity contribution in [1.82, 2.24) is 4.98 Å². The maximum atomic E-state index is 14.0. The highest BCUT2D eigenvalue weighted by molar-refractivity contribution is 6.31. The van der Waals surface area contributed by atoms with Crippen LogP contribution in [0.2, 0.25) is 5.02 Å². The van der Waals surface area contributed by atoms with Gasteiger partial charge in [-0.1, -0.05) is 17.7 Å². The fraction of sp³-hybridized carbons (Fsp3) is 0.182. The number of nitrogens with zero attached hydrogens (tertiary/aromatic N) is 1. The molecule has 0 aliphatic heterocycles. The summed E-state index contributed by atoms with van der Waals surface area (Å²) in [5.74, 6) is -4.45. The van der Waals surface area contributed by atoms with Crippen molar-refractivity contribution in [2.45, 2.75) is 25.2 Å². The number of aromatic carboxylic acids is 1. The standard InChI is InChI=1S/C22H16ClF3N2O2/c23-13-1-3-19(16(9-13)21(29)30)28-20-15-10-14(24)2-4-18(15)27-11-17(20)12-5-7-22(25,26)8-6-12/h1-5,9-11H,6-8H2,(H,27,28)(H,29,30). The van der Waals surface area contributed by atoms with Gasteiger partial charge in [0.15, 0.2) is 0 Å². The van der Waals surface area contributed by atoms with Crippen LogP contribution in [0, 0.1) is 5.82 Å². The average molecular weight is 433 g/mol. The molecule has 154 valence electrons. The van der Waals surface area contributed by atoms with Gasteiger partial charge in [-0.3, -0.25) is 4.98 Å².